The Morgan fingerprint density at radius 1 is 1.08 bits per heavy atom. The van der Waals surface area contributed by atoms with Crippen molar-refractivity contribution in [2.45, 2.75) is 96.6 Å². The van der Waals surface area contributed by atoms with Crippen LogP contribution < -0.4 is 14.8 Å². The number of halogens is 1. The number of hydrogen-bond donors (Lipinski definition) is 1. The van der Waals surface area contributed by atoms with E-state index in [1.165, 1.54) is 12.7 Å². The number of primary sulfonamides is 1. The molecule has 5 atom stereocenters. The predicted octanol–water partition coefficient (Wildman–Crippen LogP) is 8.14. The van der Waals surface area contributed by atoms with Gasteiger partial charge in [0.15, 0.2) is 8.32 Å². The van der Waals surface area contributed by atoms with Crippen molar-refractivity contribution in [3.63, 3.8) is 0 Å². The van der Waals surface area contributed by atoms with E-state index in [0.29, 0.717) is 24.0 Å². The minimum atomic E-state index is -3.51. The topological polar surface area (TPSA) is 108 Å². The number of ether oxygens (including phenoxy) is 2. The summed E-state index contributed by atoms with van der Waals surface area (Å²) in [5, 5.41) is 6.19. The van der Waals surface area contributed by atoms with Crippen LogP contribution in [0.25, 0.3) is 0 Å². The van der Waals surface area contributed by atoms with Crippen LogP contribution in [0.5, 0.6) is 5.75 Å². The second kappa shape index (κ2) is 15.5. The monoisotopic (exact) mass is 730 g/mol. The molecule has 0 amide bonds. The highest BCUT2D eigenvalue weighted by Crippen LogP contribution is 2.46. The lowest BCUT2D eigenvalue weighted by Crippen LogP contribution is -2.50. The third kappa shape index (κ3) is 9.50. The molecule has 2 fully saturated rings. The fourth-order valence-corrected chi connectivity index (χ4v) is 9.60. The average molecular weight is 731 g/mol. The van der Waals surface area contributed by atoms with E-state index in [1.54, 1.807) is 6.07 Å². The largest absolute Gasteiger partial charge is 0.487 e. The van der Waals surface area contributed by atoms with Gasteiger partial charge >= 0.3 is 5.97 Å². The van der Waals surface area contributed by atoms with Gasteiger partial charge < -0.3 is 18.8 Å². The van der Waals surface area contributed by atoms with Crippen LogP contribution >= 0.6 is 11.6 Å². The van der Waals surface area contributed by atoms with Gasteiger partial charge in [-0.2, -0.15) is 0 Å². The molecule has 11 heteroatoms. The van der Waals surface area contributed by atoms with Crippen molar-refractivity contribution in [1.29, 1.82) is 0 Å². The van der Waals surface area contributed by atoms with Gasteiger partial charge in [0.1, 0.15) is 12.4 Å². The van der Waals surface area contributed by atoms with E-state index < -0.39 is 18.3 Å². The summed E-state index contributed by atoms with van der Waals surface area (Å²) in [5.74, 6) is 1.36. The summed E-state index contributed by atoms with van der Waals surface area (Å²) >= 11 is 6.37. The van der Waals surface area contributed by atoms with Crippen LogP contribution in [0, 0.1) is 23.7 Å². The van der Waals surface area contributed by atoms with Gasteiger partial charge in [-0.15, -0.1) is 0 Å². The molecule has 2 aromatic rings. The lowest BCUT2D eigenvalue weighted by molar-refractivity contribution is 0.0524. The summed E-state index contributed by atoms with van der Waals surface area (Å²) in [6, 6.07) is 11.6. The molecule has 1 unspecified atom stereocenters. The number of aryl methyl sites for hydroxylation is 1. The smallest absolute Gasteiger partial charge is 0.337 e. The van der Waals surface area contributed by atoms with Crippen LogP contribution in [-0.4, -0.2) is 54.8 Å². The van der Waals surface area contributed by atoms with Crippen LogP contribution in [0.15, 0.2) is 48.6 Å². The molecule has 2 saturated carbocycles. The molecule has 1 heterocycles. The number of rotatable bonds is 10. The molecule has 0 radical (unpaired) electrons. The number of nitrogens with two attached hydrogens (primary N) is 1. The minimum absolute atomic E-state index is 0.0317. The van der Waals surface area contributed by atoms with E-state index in [0.717, 1.165) is 80.1 Å². The van der Waals surface area contributed by atoms with Crippen molar-refractivity contribution in [1.82, 2.24) is 0 Å². The number of esters is 1. The fraction of sp³-hybridized carbons (Fsp3) is 0.605. The fourth-order valence-electron chi connectivity index (χ4n) is 7.11. The molecule has 2 aliphatic carbocycles. The SMILES string of the molecule is COC(=O)c1ccc2c(c1)N(C[C@@H]1CC[C@H]1C(/C=C\[C@H]1CC[C@@H]1CS(N)(=O)=O)O[Si](C)(C)C(C)(C)C)CCCCc1cc(Cl)ccc1CO2. The second-order valence-corrected chi connectivity index (χ2v) is 22.7. The van der Waals surface area contributed by atoms with Gasteiger partial charge in [0, 0.05) is 18.1 Å². The van der Waals surface area contributed by atoms with Gasteiger partial charge in [-0.1, -0.05) is 50.6 Å². The maximum Gasteiger partial charge on any atom is 0.337 e. The molecule has 270 valence electrons. The number of nitrogens with zero attached hydrogens (tertiary/aromatic N) is 1. The normalized spacial score (nSPS) is 24.0. The number of carbonyl (C=O) groups excluding carboxylic acids is 1. The molecule has 2 N–H and O–H groups in total. The molecule has 3 aliphatic rings. The van der Waals surface area contributed by atoms with Crippen LogP contribution in [0.4, 0.5) is 5.69 Å². The Labute approximate surface area is 299 Å². The Morgan fingerprint density at radius 3 is 2.47 bits per heavy atom. The highest BCUT2D eigenvalue weighted by molar-refractivity contribution is 7.89. The maximum atomic E-state index is 12.7. The number of sulfonamides is 1. The van der Waals surface area contributed by atoms with Gasteiger partial charge in [0.2, 0.25) is 10.0 Å². The second-order valence-electron chi connectivity index (χ2n) is 15.8. The standard InChI is InChI=1S/C38H55ClN2O6SSi/c1-38(2,3)49(5,6)47-35(18-14-26-10-11-31(26)25-48(40,43)44)33-17-13-29(33)23-41-20-8-7-9-27-21-32(39)16-12-30(27)24-46-36-19-15-28(22-34(36)41)37(42)45-4/h12,14-16,18-19,21-22,26,29,31,33,35H,7-11,13,17,20,23-25H2,1-6H3,(H2,40,43,44)/b18-14-/t26-,29+,31-,33-,35?/m1/s1. The van der Waals surface area contributed by atoms with Crippen LogP contribution in [-0.2, 0) is 32.2 Å². The summed E-state index contributed by atoms with van der Waals surface area (Å²) in [4.78, 5) is 15.1. The van der Waals surface area contributed by atoms with Crippen molar-refractivity contribution in [2.75, 3.05) is 30.9 Å². The van der Waals surface area contributed by atoms with Crippen molar-refractivity contribution in [3.8, 4) is 5.75 Å². The van der Waals surface area contributed by atoms with Crippen LogP contribution in [0.2, 0.25) is 23.2 Å². The van der Waals surface area contributed by atoms with E-state index in [9.17, 15) is 13.2 Å². The van der Waals surface area contributed by atoms with Crippen molar-refractivity contribution < 1.29 is 27.1 Å². The molecule has 5 rings (SSSR count). The predicted molar refractivity (Wildman–Crippen MR) is 200 cm³/mol. The van der Waals surface area contributed by atoms with Crippen molar-refractivity contribution >= 4 is 41.6 Å². The zero-order valence-electron chi connectivity index (χ0n) is 30.0. The molecule has 2 aromatic carbocycles. The Morgan fingerprint density at radius 2 is 1.84 bits per heavy atom. The van der Waals surface area contributed by atoms with Gasteiger partial charge in [-0.3, -0.25) is 0 Å². The third-order valence-corrected chi connectivity index (χ3v) is 17.1. The summed E-state index contributed by atoms with van der Waals surface area (Å²) in [6.07, 6.45) is 11.3. The van der Waals surface area contributed by atoms with Gasteiger partial charge in [-0.05, 0) is 128 Å². The molecule has 49 heavy (non-hydrogen) atoms. The Kier molecular flexibility index (Phi) is 12.0. The molecule has 0 aromatic heterocycles. The number of methoxy groups -OCH3 is 1. The first-order chi connectivity index (χ1) is 23.0. The number of allylic oxidation sites excluding steroid dienone is 1. The lowest BCUT2D eigenvalue weighted by Gasteiger charge is -2.48. The van der Waals surface area contributed by atoms with Gasteiger partial charge in [0.05, 0.1) is 30.2 Å². The van der Waals surface area contributed by atoms with Gasteiger partial charge in [-0.25, -0.2) is 18.4 Å². The lowest BCUT2D eigenvalue weighted by atomic mass is 9.69. The third-order valence-electron chi connectivity index (χ3n) is 11.5. The van der Waals surface area contributed by atoms with E-state index in [1.807, 2.05) is 30.3 Å². The highest BCUT2D eigenvalue weighted by Gasteiger charge is 2.44. The van der Waals surface area contributed by atoms with E-state index in [2.05, 4.69) is 50.9 Å². The van der Waals surface area contributed by atoms with E-state index in [-0.39, 0.29) is 34.7 Å². The number of carbonyl (C=O) groups is 1. The number of benzene rings is 2. The number of hydrogen-bond acceptors (Lipinski definition) is 7. The summed E-state index contributed by atoms with van der Waals surface area (Å²) in [5.41, 5.74) is 3.74. The number of anilines is 1. The van der Waals surface area contributed by atoms with Crippen molar-refractivity contribution in [2.24, 2.45) is 28.8 Å². The Bertz CT molecular complexity index is 1620. The van der Waals surface area contributed by atoms with Crippen molar-refractivity contribution in [3.05, 3.63) is 70.3 Å². The van der Waals surface area contributed by atoms with Crippen LogP contribution in [0.3, 0.4) is 0 Å². The molecule has 0 bridgehead atoms. The summed E-state index contributed by atoms with van der Waals surface area (Å²) in [6.45, 7) is 13.4. The molecule has 0 spiro atoms. The quantitative estimate of drug-likeness (QED) is 0.149. The molecule has 1 aliphatic heterocycles. The summed E-state index contributed by atoms with van der Waals surface area (Å²) < 4.78 is 42.4. The molecular weight excluding hydrogens is 676 g/mol. The van der Waals surface area contributed by atoms with E-state index in [4.69, 9.17) is 30.6 Å². The first-order valence-corrected chi connectivity index (χ1v) is 22.8. The summed E-state index contributed by atoms with van der Waals surface area (Å²) in [7, 11) is -4.23. The number of fused-ring (bicyclic) bond motifs is 2. The minimum Gasteiger partial charge on any atom is -0.487 e. The highest BCUT2D eigenvalue weighted by atomic mass is 35.5. The average Bonchev–Trinajstić information content (AvgIpc) is 3.03. The Hall–Kier alpha value is -2.37. The zero-order valence-corrected chi connectivity index (χ0v) is 32.6. The van der Waals surface area contributed by atoms with E-state index >= 15 is 0 Å². The first kappa shape index (κ1) is 37.9. The van der Waals surface area contributed by atoms with Crippen LogP contribution in [0.1, 0.15) is 80.8 Å². The first-order valence-electron chi connectivity index (χ1n) is 17.8. The maximum absolute atomic E-state index is 12.7. The zero-order chi connectivity index (χ0) is 35.6. The Balaban J connectivity index is 1.42. The molecular formula is C38H55ClN2O6SSi. The molecule has 0 saturated heterocycles. The van der Waals surface area contributed by atoms with Gasteiger partial charge in [0.25, 0.3) is 0 Å². The molecule has 8 nitrogen and oxygen atoms in total.